The van der Waals surface area contributed by atoms with Gasteiger partial charge in [0.25, 0.3) is 0 Å². The Morgan fingerprint density at radius 3 is 2.48 bits per heavy atom. The van der Waals surface area contributed by atoms with E-state index in [4.69, 9.17) is 14.6 Å². The summed E-state index contributed by atoms with van der Waals surface area (Å²) in [6.45, 7) is 0.396. The maximum atomic E-state index is 14.0. The van der Waals surface area contributed by atoms with Gasteiger partial charge in [-0.05, 0) is 42.0 Å². The van der Waals surface area contributed by atoms with Gasteiger partial charge in [0.1, 0.15) is 17.3 Å². The number of rotatable bonds is 8. The molecular formula is C26H23FN2O4. The number of aliphatic carboxylic acids is 1. The summed E-state index contributed by atoms with van der Waals surface area (Å²) in [5.41, 5.74) is 4.18. The molecule has 0 saturated carbocycles. The fourth-order valence-corrected chi connectivity index (χ4v) is 3.78. The highest BCUT2D eigenvalue weighted by Gasteiger charge is 2.17. The molecule has 3 aromatic carbocycles. The molecule has 168 valence electrons. The zero-order valence-electron chi connectivity index (χ0n) is 18.3. The van der Waals surface area contributed by atoms with Gasteiger partial charge in [0.05, 0.1) is 38.6 Å². The van der Waals surface area contributed by atoms with E-state index in [1.165, 1.54) is 12.1 Å². The lowest BCUT2D eigenvalue weighted by atomic mass is 10.0. The van der Waals surface area contributed by atoms with Gasteiger partial charge in [0.2, 0.25) is 0 Å². The average molecular weight is 446 g/mol. The van der Waals surface area contributed by atoms with Crippen molar-refractivity contribution in [1.82, 2.24) is 9.78 Å². The number of aromatic nitrogens is 2. The minimum absolute atomic E-state index is 0.115. The summed E-state index contributed by atoms with van der Waals surface area (Å²) in [7, 11) is 3.16. The molecule has 1 heterocycles. The van der Waals surface area contributed by atoms with Crippen molar-refractivity contribution in [1.29, 1.82) is 0 Å². The second kappa shape index (κ2) is 9.56. The van der Waals surface area contributed by atoms with Crippen LogP contribution in [0.4, 0.5) is 4.39 Å². The summed E-state index contributed by atoms with van der Waals surface area (Å²) in [5, 5.41) is 14.0. The van der Waals surface area contributed by atoms with Crippen molar-refractivity contribution >= 4 is 5.97 Å². The molecule has 6 nitrogen and oxygen atoms in total. The highest BCUT2D eigenvalue weighted by molar-refractivity contribution is 5.76. The number of nitrogens with zero attached hydrogens (tertiary/aromatic N) is 2. The van der Waals surface area contributed by atoms with Crippen molar-refractivity contribution in [2.45, 2.75) is 13.0 Å². The number of para-hydroxylation sites is 1. The van der Waals surface area contributed by atoms with Crippen LogP contribution in [0.25, 0.3) is 22.5 Å². The first kappa shape index (κ1) is 22.1. The largest absolute Gasteiger partial charge is 0.496 e. The molecule has 0 spiro atoms. The van der Waals surface area contributed by atoms with E-state index in [1.807, 2.05) is 36.4 Å². The number of ether oxygens (including phenoxy) is 2. The van der Waals surface area contributed by atoms with Crippen LogP contribution in [0, 0.1) is 5.82 Å². The molecule has 1 aromatic heterocycles. The van der Waals surface area contributed by atoms with Gasteiger partial charge in [-0.3, -0.25) is 9.48 Å². The second-order valence-electron chi connectivity index (χ2n) is 7.50. The standard InChI is InChI=1S/C26H23FN2O4/c1-32-24-9-4-3-6-19(24)16-29-23(18-7-5-8-20(27)14-18)15-22(28-29)21-12-17(13-26(30)31)10-11-25(21)33-2/h3-12,14-15H,13,16H2,1-2H3,(H,30,31). The monoisotopic (exact) mass is 446 g/mol. The number of carboxylic acids is 1. The Kier molecular flexibility index (Phi) is 6.40. The predicted octanol–water partition coefficient (Wildman–Crippen LogP) is 5.05. The molecule has 0 unspecified atom stereocenters. The first-order valence-corrected chi connectivity index (χ1v) is 10.3. The van der Waals surface area contributed by atoms with Gasteiger partial charge in [-0.2, -0.15) is 5.10 Å². The third-order valence-corrected chi connectivity index (χ3v) is 5.31. The zero-order valence-corrected chi connectivity index (χ0v) is 18.3. The molecule has 0 fully saturated rings. The van der Waals surface area contributed by atoms with Crippen molar-refractivity contribution < 1.29 is 23.8 Å². The molecule has 0 saturated heterocycles. The highest BCUT2D eigenvalue weighted by atomic mass is 19.1. The van der Waals surface area contributed by atoms with Gasteiger partial charge in [-0.15, -0.1) is 0 Å². The zero-order chi connectivity index (χ0) is 23.4. The summed E-state index contributed by atoms with van der Waals surface area (Å²) < 4.78 is 26.8. The second-order valence-corrected chi connectivity index (χ2v) is 7.50. The van der Waals surface area contributed by atoms with E-state index in [0.717, 1.165) is 11.3 Å². The molecule has 33 heavy (non-hydrogen) atoms. The molecule has 0 radical (unpaired) electrons. The fourth-order valence-electron chi connectivity index (χ4n) is 3.78. The number of halogens is 1. The number of benzene rings is 3. The molecule has 0 aliphatic rings. The van der Waals surface area contributed by atoms with E-state index in [0.29, 0.717) is 40.4 Å². The first-order chi connectivity index (χ1) is 16.0. The van der Waals surface area contributed by atoms with E-state index in [2.05, 4.69) is 0 Å². The van der Waals surface area contributed by atoms with E-state index >= 15 is 0 Å². The first-order valence-electron chi connectivity index (χ1n) is 10.3. The number of hydrogen-bond acceptors (Lipinski definition) is 4. The fraction of sp³-hybridized carbons (Fsp3) is 0.154. The van der Waals surface area contributed by atoms with Crippen molar-refractivity contribution in [3.05, 3.63) is 89.7 Å². The van der Waals surface area contributed by atoms with Crippen molar-refractivity contribution in [2.24, 2.45) is 0 Å². The van der Waals surface area contributed by atoms with Gasteiger partial charge >= 0.3 is 5.97 Å². The number of methoxy groups -OCH3 is 2. The number of carboxylic acid groups (broad SMARTS) is 1. The summed E-state index contributed by atoms with van der Waals surface area (Å²) in [6.07, 6.45) is -0.115. The van der Waals surface area contributed by atoms with Crippen LogP contribution in [-0.2, 0) is 17.8 Å². The minimum Gasteiger partial charge on any atom is -0.496 e. The van der Waals surface area contributed by atoms with Crippen LogP contribution >= 0.6 is 0 Å². The van der Waals surface area contributed by atoms with Crippen LogP contribution in [0.1, 0.15) is 11.1 Å². The van der Waals surface area contributed by atoms with Crippen LogP contribution in [0.3, 0.4) is 0 Å². The van der Waals surface area contributed by atoms with Gasteiger partial charge in [0.15, 0.2) is 0 Å². The summed E-state index contributed by atoms with van der Waals surface area (Å²) >= 11 is 0. The van der Waals surface area contributed by atoms with Gasteiger partial charge in [0, 0.05) is 16.7 Å². The molecule has 1 N–H and O–H groups in total. The Hall–Kier alpha value is -4.13. The third-order valence-electron chi connectivity index (χ3n) is 5.31. The molecule has 0 amide bonds. The summed E-state index contributed by atoms with van der Waals surface area (Å²) in [4.78, 5) is 11.2. The molecule has 7 heteroatoms. The molecule has 0 aliphatic heterocycles. The van der Waals surface area contributed by atoms with Crippen LogP contribution in [0.2, 0.25) is 0 Å². The van der Waals surface area contributed by atoms with Crippen molar-refractivity contribution in [3.63, 3.8) is 0 Å². The van der Waals surface area contributed by atoms with Gasteiger partial charge in [-0.25, -0.2) is 4.39 Å². The Morgan fingerprint density at radius 2 is 1.76 bits per heavy atom. The molecular weight excluding hydrogens is 423 g/mol. The molecule has 0 bridgehead atoms. The van der Waals surface area contributed by atoms with E-state index in [-0.39, 0.29) is 12.2 Å². The lowest BCUT2D eigenvalue weighted by molar-refractivity contribution is -0.136. The lowest BCUT2D eigenvalue weighted by Gasteiger charge is -2.11. The molecule has 0 atom stereocenters. The van der Waals surface area contributed by atoms with Crippen molar-refractivity contribution in [2.75, 3.05) is 14.2 Å². The van der Waals surface area contributed by atoms with Crippen LogP contribution in [-0.4, -0.2) is 35.1 Å². The van der Waals surface area contributed by atoms with E-state index in [9.17, 15) is 14.3 Å². The molecule has 4 aromatic rings. The Labute approximate surface area is 190 Å². The van der Waals surface area contributed by atoms with Gasteiger partial charge < -0.3 is 14.6 Å². The molecule has 4 rings (SSSR count). The quantitative estimate of drug-likeness (QED) is 0.410. The van der Waals surface area contributed by atoms with Crippen LogP contribution in [0.15, 0.2) is 72.8 Å². The van der Waals surface area contributed by atoms with E-state index < -0.39 is 5.97 Å². The predicted molar refractivity (Wildman–Crippen MR) is 123 cm³/mol. The normalized spacial score (nSPS) is 10.8. The minimum atomic E-state index is -0.923. The molecule has 0 aliphatic carbocycles. The van der Waals surface area contributed by atoms with Crippen LogP contribution < -0.4 is 9.47 Å². The summed E-state index contributed by atoms with van der Waals surface area (Å²) in [5.74, 6) is 0.0195. The maximum Gasteiger partial charge on any atom is 0.307 e. The smallest absolute Gasteiger partial charge is 0.307 e. The highest BCUT2D eigenvalue weighted by Crippen LogP contribution is 2.34. The van der Waals surface area contributed by atoms with Crippen LogP contribution in [0.5, 0.6) is 11.5 Å². The van der Waals surface area contributed by atoms with Crippen molar-refractivity contribution in [3.8, 4) is 34.0 Å². The van der Waals surface area contributed by atoms with Gasteiger partial charge in [-0.1, -0.05) is 36.4 Å². The number of hydrogen-bond donors (Lipinski definition) is 1. The lowest BCUT2D eigenvalue weighted by Crippen LogP contribution is -2.06. The number of carbonyl (C=O) groups is 1. The Balaban J connectivity index is 1.86. The van der Waals surface area contributed by atoms with E-state index in [1.54, 1.807) is 43.2 Å². The topological polar surface area (TPSA) is 73.6 Å². The average Bonchev–Trinajstić information content (AvgIpc) is 3.22. The Bertz CT molecular complexity index is 1300. The summed E-state index contributed by atoms with van der Waals surface area (Å²) in [6, 6.07) is 21.0. The third kappa shape index (κ3) is 4.87. The maximum absolute atomic E-state index is 14.0. The Morgan fingerprint density at radius 1 is 0.970 bits per heavy atom. The SMILES string of the molecule is COc1ccccc1Cn1nc(-c2cc(CC(=O)O)ccc2OC)cc1-c1cccc(F)c1.